The highest BCUT2D eigenvalue weighted by molar-refractivity contribution is 6.04. The minimum atomic E-state index is -0.290. The van der Waals surface area contributed by atoms with Crippen molar-refractivity contribution in [1.29, 1.82) is 0 Å². The van der Waals surface area contributed by atoms with Crippen molar-refractivity contribution >= 4 is 17.5 Å². The molecule has 0 unspecified atom stereocenters. The number of hydrogen-bond acceptors (Lipinski definition) is 4. The van der Waals surface area contributed by atoms with E-state index in [0.29, 0.717) is 23.4 Å². The van der Waals surface area contributed by atoms with Crippen molar-refractivity contribution in [2.24, 2.45) is 0 Å². The third-order valence-corrected chi connectivity index (χ3v) is 5.60. The zero-order valence-corrected chi connectivity index (χ0v) is 19.3. The standard InChI is InChI=1S/C29H23N5O2/c35-28(22-11-7-13-25(17-22)32-29(36)23-12-8-16-30-18-23)31-19-24-20-34(26-14-5-2-6-15-26)33-27(24)21-9-3-1-4-10-21/h1-18,20H,19H2,(H,31,35)(H,32,36). The fraction of sp³-hybridized carbons (Fsp3) is 0.0345. The Morgan fingerprint density at radius 2 is 1.53 bits per heavy atom. The van der Waals surface area contributed by atoms with Crippen LogP contribution in [0, 0.1) is 0 Å². The van der Waals surface area contributed by atoms with Crippen molar-refractivity contribution in [3.05, 3.63) is 132 Å². The Morgan fingerprint density at radius 3 is 2.28 bits per heavy atom. The Hall–Kier alpha value is -5.04. The summed E-state index contributed by atoms with van der Waals surface area (Å²) in [7, 11) is 0. The van der Waals surface area contributed by atoms with Gasteiger partial charge in [-0.25, -0.2) is 4.68 Å². The highest BCUT2D eigenvalue weighted by Gasteiger charge is 2.15. The summed E-state index contributed by atoms with van der Waals surface area (Å²) < 4.78 is 1.82. The van der Waals surface area contributed by atoms with Crippen LogP contribution in [0.5, 0.6) is 0 Å². The number of hydrogen-bond donors (Lipinski definition) is 2. The maximum absolute atomic E-state index is 13.0. The normalized spacial score (nSPS) is 10.6. The van der Waals surface area contributed by atoms with Crippen LogP contribution < -0.4 is 10.6 Å². The molecule has 2 N–H and O–H groups in total. The molecule has 2 amide bonds. The number of nitrogens with one attached hydrogen (secondary N) is 2. The van der Waals surface area contributed by atoms with Gasteiger partial charge in [0.25, 0.3) is 11.8 Å². The fourth-order valence-corrected chi connectivity index (χ4v) is 3.81. The van der Waals surface area contributed by atoms with E-state index >= 15 is 0 Å². The van der Waals surface area contributed by atoms with Crippen molar-refractivity contribution < 1.29 is 9.59 Å². The molecule has 0 spiro atoms. The van der Waals surface area contributed by atoms with Crippen LogP contribution in [0.1, 0.15) is 26.3 Å². The molecule has 3 aromatic carbocycles. The molecule has 0 fully saturated rings. The van der Waals surface area contributed by atoms with E-state index in [1.54, 1.807) is 42.6 Å². The predicted molar refractivity (Wildman–Crippen MR) is 139 cm³/mol. The smallest absolute Gasteiger partial charge is 0.257 e. The van der Waals surface area contributed by atoms with Crippen molar-refractivity contribution in [3.63, 3.8) is 0 Å². The molecule has 0 aliphatic carbocycles. The van der Waals surface area contributed by atoms with Gasteiger partial charge in [0, 0.05) is 47.5 Å². The molecule has 7 heteroatoms. The lowest BCUT2D eigenvalue weighted by Gasteiger charge is -2.09. The first-order valence-electron chi connectivity index (χ1n) is 11.5. The van der Waals surface area contributed by atoms with Gasteiger partial charge in [0.05, 0.1) is 16.9 Å². The monoisotopic (exact) mass is 473 g/mol. The van der Waals surface area contributed by atoms with Gasteiger partial charge < -0.3 is 10.6 Å². The van der Waals surface area contributed by atoms with E-state index in [1.165, 1.54) is 6.20 Å². The van der Waals surface area contributed by atoms with Crippen LogP contribution in [0.3, 0.4) is 0 Å². The van der Waals surface area contributed by atoms with Gasteiger partial charge in [-0.05, 0) is 42.5 Å². The molecule has 2 heterocycles. The molecule has 7 nitrogen and oxygen atoms in total. The van der Waals surface area contributed by atoms with Gasteiger partial charge in [0.1, 0.15) is 0 Å². The Kier molecular flexibility index (Phi) is 6.62. The van der Waals surface area contributed by atoms with Gasteiger partial charge in [-0.2, -0.15) is 5.10 Å². The highest BCUT2D eigenvalue weighted by atomic mass is 16.2. The third kappa shape index (κ3) is 5.20. The first-order chi connectivity index (χ1) is 17.7. The molecule has 0 saturated carbocycles. The summed E-state index contributed by atoms with van der Waals surface area (Å²) >= 11 is 0. The maximum Gasteiger partial charge on any atom is 0.257 e. The number of nitrogens with zero attached hydrogens (tertiary/aromatic N) is 3. The summed E-state index contributed by atoms with van der Waals surface area (Å²) in [6.45, 7) is 0.294. The first kappa shape index (κ1) is 22.7. The Labute approximate surface area is 208 Å². The first-order valence-corrected chi connectivity index (χ1v) is 11.5. The van der Waals surface area contributed by atoms with E-state index in [4.69, 9.17) is 5.10 Å². The zero-order valence-electron chi connectivity index (χ0n) is 19.3. The Balaban J connectivity index is 1.33. The number of aromatic nitrogens is 3. The highest BCUT2D eigenvalue weighted by Crippen LogP contribution is 2.24. The molecule has 5 aromatic rings. The predicted octanol–water partition coefficient (Wildman–Crippen LogP) is 5.12. The lowest BCUT2D eigenvalue weighted by molar-refractivity contribution is 0.0949. The van der Waals surface area contributed by atoms with E-state index in [9.17, 15) is 9.59 Å². The average Bonchev–Trinajstić information content (AvgIpc) is 3.38. The number of pyridine rings is 1. The third-order valence-electron chi connectivity index (χ3n) is 5.60. The van der Waals surface area contributed by atoms with Crippen LogP contribution in [0.4, 0.5) is 5.69 Å². The summed E-state index contributed by atoms with van der Waals surface area (Å²) in [5.41, 5.74) is 5.00. The van der Waals surface area contributed by atoms with Crippen LogP contribution in [0.25, 0.3) is 16.9 Å². The molecular weight excluding hydrogens is 450 g/mol. The molecule has 0 saturated heterocycles. The van der Waals surface area contributed by atoms with Crippen molar-refractivity contribution in [3.8, 4) is 16.9 Å². The Bertz CT molecular complexity index is 1480. The minimum absolute atomic E-state index is 0.251. The number of amides is 2. The van der Waals surface area contributed by atoms with Crippen LogP contribution in [-0.4, -0.2) is 26.6 Å². The molecule has 2 aromatic heterocycles. The van der Waals surface area contributed by atoms with Crippen molar-refractivity contribution in [1.82, 2.24) is 20.1 Å². The molecule has 0 radical (unpaired) electrons. The molecule has 0 aliphatic heterocycles. The second-order valence-electron chi connectivity index (χ2n) is 8.11. The number of rotatable bonds is 7. The lowest BCUT2D eigenvalue weighted by Crippen LogP contribution is -2.23. The molecule has 36 heavy (non-hydrogen) atoms. The van der Waals surface area contributed by atoms with E-state index in [0.717, 1.165) is 22.5 Å². The molecular formula is C29H23N5O2. The summed E-state index contributed by atoms with van der Waals surface area (Å²) in [5, 5.41) is 10.6. The molecule has 176 valence electrons. The summed E-state index contributed by atoms with van der Waals surface area (Å²) in [5.74, 6) is -0.541. The fourth-order valence-electron chi connectivity index (χ4n) is 3.81. The van der Waals surface area contributed by atoms with Crippen molar-refractivity contribution in [2.75, 3.05) is 5.32 Å². The van der Waals surface area contributed by atoms with Gasteiger partial charge in [0.15, 0.2) is 0 Å². The van der Waals surface area contributed by atoms with Crippen LogP contribution in [-0.2, 0) is 6.54 Å². The topological polar surface area (TPSA) is 88.9 Å². The van der Waals surface area contributed by atoms with Crippen LogP contribution in [0.15, 0.2) is 116 Å². The summed E-state index contributed by atoms with van der Waals surface area (Å²) in [4.78, 5) is 29.4. The Morgan fingerprint density at radius 1 is 0.778 bits per heavy atom. The number of carbonyl (C=O) groups is 2. The number of carbonyl (C=O) groups excluding carboxylic acids is 2. The number of para-hydroxylation sites is 1. The van der Waals surface area contributed by atoms with E-state index < -0.39 is 0 Å². The average molecular weight is 474 g/mol. The van der Waals surface area contributed by atoms with Crippen LogP contribution >= 0.6 is 0 Å². The zero-order chi connectivity index (χ0) is 24.7. The molecule has 5 rings (SSSR count). The molecule has 0 aliphatic rings. The number of benzene rings is 3. The second kappa shape index (κ2) is 10.5. The quantitative estimate of drug-likeness (QED) is 0.344. The van der Waals surface area contributed by atoms with E-state index in [-0.39, 0.29) is 11.8 Å². The largest absolute Gasteiger partial charge is 0.348 e. The summed E-state index contributed by atoms with van der Waals surface area (Å²) in [6, 6.07) is 29.9. The minimum Gasteiger partial charge on any atom is -0.348 e. The van der Waals surface area contributed by atoms with E-state index in [2.05, 4.69) is 15.6 Å². The van der Waals surface area contributed by atoms with E-state index in [1.807, 2.05) is 71.5 Å². The summed E-state index contributed by atoms with van der Waals surface area (Å²) in [6.07, 6.45) is 5.03. The van der Waals surface area contributed by atoms with Gasteiger partial charge in [0.2, 0.25) is 0 Å². The second-order valence-corrected chi connectivity index (χ2v) is 8.11. The number of anilines is 1. The van der Waals surface area contributed by atoms with Crippen molar-refractivity contribution in [2.45, 2.75) is 6.54 Å². The van der Waals surface area contributed by atoms with Gasteiger partial charge in [-0.15, -0.1) is 0 Å². The van der Waals surface area contributed by atoms with Gasteiger partial charge in [-0.3, -0.25) is 14.6 Å². The van der Waals surface area contributed by atoms with Crippen LogP contribution in [0.2, 0.25) is 0 Å². The van der Waals surface area contributed by atoms with Gasteiger partial charge >= 0.3 is 0 Å². The SMILES string of the molecule is O=C(NCc1cn(-c2ccccc2)nc1-c1ccccc1)c1cccc(NC(=O)c2cccnc2)c1. The maximum atomic E-state index is 13.0. The lowest BCUT2D eigenvalue weighted by atomic mass is 10.1. The van der Waals surface area contributed by atoms with Gasteiger partial charge in [-0.1, -0.05) is 54.6 Å². The molecule has 0 atom stereocenters. The molecule has 0 bridgehead atoms.